The number of nitrogens with one attached hydrogen (secondary N) is 1. The lowest BCUT2D eigenvalue weighted by molar-refractivity contribution is -0.114. The molecule has 1 aromatic rings. The summed E-state index contributed by atoms with van der Waals surface area (Å²) >= 11 is 15.2. The van der Waals surface area contributed by atoms with Crippen molar-refractivity contribution in [3.8, 4) is 0 Å². The summed E-state index contributed by atoms with van der Waals surface area (Å²) in [6, 6.07) is 5.35. The summed E-state index contributed by atoms with van der Waals surface area (Å²) in [6.45, 7) is 0. The fraction of sp³-hybridized carbons (Fsp3) is 0.182. The molecule has 0 amide bonds. The number of halogens is 3. The van der Waals surface area contributed by atoms with Crippen LogP contribution in [0.1, 0.15) is 12.8 Å². The normalized spacial score (nSPS) is 15.8. The third kappa shape index (κ3) is 2.26. The van der Waals surface area contributed by atoms with E-state index in [1.165, 1.54) is 0 Å². The molecular weight excluding hydrogens is 313 g/mol. The van der Waals surface area contributed by atoms with Gasteiger partial charge in [-0.3, -0.25) is 4.79 Å². The molecule has 0 fully saturated rings. The van der Waals surface area contributed by atoms with Crippen LogP contribution in [0.4, 0.5) is 5.69 Å². The van der Waals surface area contributed by atoms with Crippen molar-refractivity contribution in [2.45, 2.75) is 12.8 Å². The Morgan fingerprint density at radius 2 is 2.00 bits per heavy atom. The number of ketones is 1. The number of Topliss-reactive ketones (excluding diaryl/α,β-unsaturated/α-hetero) is 1. The molecule has 1 aliphatic carbocycles. The Labute approximate surface area is 112 Å². The highest BCUT2D eigenvalue weighted by atomic mass is 79.9. The Kier molecular flexibility index (Phi) is 3.57. The molecule has 16 heavy (non-hydrogen) atoms. The first-order chi connectivity index (χ1) is 7.59. The van der Waals surface area contributed by atoms with Crippen LogP contribution in [-0.2, 0) is 4.79 Å². The van der Waals surface area contributed by atoms with Crippen molar-refractivity contribution in [2.75, 3.05) is 5.32 Å². The number of hydrogen-bond acceptors (Lipinski definition) is 2. The average molecular weight is 321 g/mol. The highest BCUT2D eigenvalue weighted by molar-refractivity contribution is 9.12. The first-order valence-corrected chi connectivity index (χ1v) is 6.27. The first kappa shape index (κ1) is 12.0. The zero-order valence-corrected chi connectivity index (χ0v) is 11.3. The van der Waals surface area contributed by atoms with Crippen LogP contribution < -0.4 is 5.32 Å². The second-order valence-corrected chi connectivity index (χ2v) is 5.02. The van der Waals surface area contributed by atoms with E-state index in [1.807, 2.05) is 12.1 Å². The van der Waals surface area contributed by atoms with E-state index in [1.54, 1.807) is 6.07 Å². The molecule has 2 nitrogen and oxygen atoms in total. The van der Waals surface area contributed by atoms with Crippen LogP contribution >= 0.6 is 39.1 Å². The molecule has 5 heteroatoms. The zero-order valence-electron chi connectivity index (χ0n) is 8.19. The number of anilines is 1. The van der Waals surface area contributed by atoms with Crippen molar-refractivity contribution in [3.05, 3.63) is 38.4 Å². The molecule has 2 rings (SSSR count). The molecule has 0 aromatic heterocycles. The zero-order chi connectivity index (χ0) is 11.7. The van der Waals surface area contributed by atoms with Crippen molar-refractivity contribution in [2.24, 2.45) is 0 Å². The Morgan fingerprint density at radius 1 is 1.25 bits per heavy atom. The molecule has 1 aromatic carbocycles. The van der Waals surface area contributed by atoms with Gasteiger partial charge in [-0.25, -0.2) is 0 Å². The van der Waals surface area contributed by atoms with Gasteiger partial charge >= 0.3 is 0 Å². The average Bonchev–Trinajstić information content (AvgIpc) is 2.57. The third-order valence-corrected chi connectivity index (χ3v) is 4.09. The lowest BCUT2D eigenvalue weighted by Gasteiger charge is -2.10. The third-order valence-electron chi connectivity index (χ3n) is 2.35. The molecule has 0 atom stereocenters. The van der Waals surface area contributed by atoms with Crippen molar-refractivity contribution in [1.29, 1.82) is 0 Å². The van der Waals surface area contributed by atoms with E-state index in [4.69, 9.17) is 23.2 Å². The van der Waals surface area contributed by atoms with Gasteiger partial charge in [0.15, 0.2) is 5.78 Å². The monoisotopic (exact) mass is 319 g/mol. The van der Waals surface area contributed by atoms with Gasteiger partial charge in [0.25, 0.3) is 0 Å². The minimum atomic E-state index is 0.112. The smallest absolute Gasteiger partial charge is 0.171 e. The number of carbonyl (C=O) groups is 1. The second kappa shape index (κ2) is 4.78. The fourth-order valence-electron chi connectivity index (χ4n) is 1.51. The maximum absolute atomic E-state index is 11.3. The van der Waals surface area contributed by atoms with Gasteiger partial charge in [0.2, 0.25) is 0 Å². The Morgan fingerprint density at radius 3 is 2.62 bits per heavy atom. The van der Waals surface area contributed by atoms with Gasteiger partial charge in [-0.2, -0.15) is 0 Å². The van der Waals surface area contributed by atoms with Crippen molar-refractivity contribution in [1.82, 2.24) is 0 Å². The maximum Gasteiger partial charge on any atom is 0.171 e. The van der Waals surface area contributed by atoms with Gasteiger partial charge in [0.1, 0.15) is 0 Å². The van der Waals surface area contributed by atoms with Crippen LogP contribution in [0.3, 0.4) is 0 Å². The lowest BCUT2D eigenvalue weighted by Crippen LogP contribution is -1.98. The number of benzene rings is 1. The first-order valence-electron chi connectivity index (χ1n) is 4.72. The van der Waals surface area contributed by atoms with Gasteiger partial charge in [-0.15, -0.1) is 0 Å². The predicted octanol–water partition coefficient (Wildman–Crippen LogP) is 4.37. The van der Waals surface area contributed by atoms with Gasteiger partial charge < -0.3 is 5.32 Å². The van der Waals surface area contributed by atoms with E-state index >= 15 is 0 Å². The molecule has 0 spiro atoms. The van der Waals surface area contributed by atoms with Crippen LogP contribution in [0.2, 0.25) is 10.0 Å². The molecular formula is C11H8BrCl2NO. The maximum atomic E-state index is 11.3. The highest BCUT2D eigenvalue weighted by Gasteiger charge is 2.21. The highest BCUT2D eigenvalue weighted by Crippen LogP contribution is 2.34. The SMILES string of the molecule is O=C1CCC(Nc2cccc(Cl)c2Cl)=C1Br. The van der Waals surface area contributed by atoms with Crippen LogP contribution in [0, 0.1) is 0 Å². The quantitative estimate of drug-likeness (QED) is 0.876. The van der Waals surface area contributed by atoms with Gasteiger partial charge in [0, 0.05) is 12.1 Å². The largest absolute Gasteiger partial charge is 0.357 e. The van der Waals surface area contributed by atoms with Gasteiger partial charge in [0.05, 0.1) is 20.2 Å². The molecule has 0 saturated heterocycles. The molecule has 0 saturated carbocycles. The summed E-state index contributed by atoms with van der Waals surface area (Å²) in [5.41, 5.74) is 1.57. The second-order valence-electron chi connectivity index (χ2n) is 3.44. The molecule has 1 N–H and O–H groups in total. The van der Waals surface area contributed by atoms with Gasteiger partial charge in [-0.1, -0.05) is 29.3 Å². The Bertz CT molecular complexity index is 485. The number of rotatable bonds is 2. The molecule has 0 aliphatic heterocycles. The minimum Gasteiger partial charge on any atom is -0.357 e. The minimum absolute atomic E-state index is 0.112. The topological polar surface area (TPSA) is 29.1 Å². The molecule has 1 aliphatic rings. The Hall–Kier alpha value is -0.510. The van der Waals surface area contributed by atoms with E-state index in [2.05, 4.69) is 21.2 Å². The summed E-state index contributed by atoms with van der Waals surface area (Å²) in [6.07, 6.45) is 1.23. The van der Waals surface area contributed by atoms with Crippen molar-refractivity contribution < 1.29 is 4.79 Å². The van der Waals surface area contributed by atoms with E-state index < -0.39 is 0 Å². The molecule has 0 radical (unpaired) electrons. The number of allylic oxidation sites excluding steroid dienone is 2. The summed E-state index contributed by atoms with van der Waals surface area (Å²) in [5, 5.41) is 4.09. The predicted molar refractivity (Wildman–Crippen MR) is 70.3 cm³/mol. The molecule has 0 bridgehead atoms. The molecule has 0 heterocycles. The summed E-state index contributed by atoms with van der Waals surface area (Å²) in [4.78, 5) is 11.3. The summed E-state index contributed by atoms with van der Waals surface area (Å²) in [7, 11) is 0. The van der Waals surface area contributed by atoms with Crippen molar-refractivity contribution >= 4 is 50.6 Å². The van der Waals surface area contributed by atoms with Crippen LogP contribution in [0.5, 0.6) is 0 Å². The van der Waals surface area contributed by atoms with E-state index in [-0.39, 0.29) is 5.78 Å². The van der Waals surface area contributed by atoms with Crippen molar-refractivity contribution in [3.63, 3.8) is 0 Å². The number of carbonyl (C=O) groups excluding carboxylic acids is 1. The lowest BCUT2D eigenvalue weighted by atomic mass is 10.3. The van der Waals surface area contributed by atoms with Crippen LogP contribution in [0.25, 0.3) is 0 Å². The van der Waals surface area contributed by atoms with E-state index in [0.29, 0.717) is 27.4 Å². The Balaban J connectivity index is 2.28. The summed E-state index contributed by atoms with van der Waals surface area (Å²) in [5.74, 6) is 0.112. The van der Waals surface area contributed by atoms with E-state index in [0.717, 1.165) is 11.4 Å². The van der Waals surface area contributed by atoms with E-state index in [9.17, 15) is 4.79 Å². The molecule has 84 valence electrons. The van der Waals surface area contributed by atoms with Gasteiger partial charge in [-0.05, 0) is 34.5 Å². The van der Waals surface area contributed by atoms with Crippen LogP contribution in [0.15, 0.2) is 28.4 Å². The summed E-state index contributed by atoms with van der Waals surface area (Å²) < 4.78 is 0.601. The standard InChI is InChI=1S/C11H8BrCl2NO/c12-10-7(4-5-9(10)16)15-8-3-1-2-6(13)11(8)14/h1-3,15H,4-5H2. The number of hydrogen-bond donors (Lipinski definition) is 1. The van der Waals surface area contributed by atoms with Crippen LogP contribution in [-0.4, -0.2) is 5.78 Å². The molecule has 0 unspecified atom stereocenters. The fourth-order valence-corrected chi connectivity index (χ4v) is 2.35.